The SMILES string of the molecule is CC(C)(C)OC(=O)CN1CC(n2c(=N)n(-c3ccc(C(F)(F)F)cc3)c3ccccc32)C1. The zero-order valence-corrected chi connectivity index (χ0v) is 18.1. The number of imidazole rings is 1. The van der Waals surface area contributed by atoms with Crippen LogP contribution in [0.15, 0.2) is 48.5 Å². The van der Waals surface area contributed by atoms with Gasteiger partial charge in [-0.15, -0.1) is 0 Å². The molecule has 9 heteroatoms. The molecule has 0 atom stereocenters. The monoisotopic (exact) mass is 446 g/mol. The number of rotatable bonds is 4. The molecule has 2 aromatic carbocycles. The van der Waals surface area contributed by atoms with Crippen molar-refractivity contribution >= 4 is 17.0 Å². The molecule has 0 unspecified atom stereocenters. The number of likely N-dealkylation sites (tertiary alicyclic amines) is 1. The Kier molecular flexibility index (Phi) is 5.40. The van der Waals surface area contributed by atoms with Gasteiger partial charge in [-0.25, -0.2) is 0 Å². The van der Waals surface area contributed by atoms with Crippen LogP contribution >= 0.6 is 0 Å². The number of carbonyl (C=O) groups excluding carboxylic acids is 1. The van der Waals surface area contributed by atoms with Crippen molar-refractivity contribution in [3.05, 3.63) is 59.7 Å². The highest BCUT2D eigenvalue weighted by molar-refractivity contribution is 5.78. The van der Waals surface area contributed by atoms with Crippen LogP contribution < -0.4 is 5.62 Å². The van der Waals surface area contributed by atoms with Gasteiger partial charge < -0.3 is 9.30 Å². The van der Waals surface area contributed by atoms with Gasteiger partial charge >= 0.3 is 12.1 Å². The highest BCUT2D eigenvalue weighted by Gasteiger charge is 2.33. The summed E-state index contributed by atoms with van der Waals surface area (Å²) < 4.78 is 47.7. The molecule has 2 heterocycles. The number of hydrogen-bond acceptors (Lipinski definition) is 4. The molecule has 1 saturated heterocycles. The van der Waals surface area contributed by atoms with Crippen LogP contribution in [0.5, 0.6) is 0 Å². The summed E-state index contributed by atoms with van der Waals surface area (Å²) in [5.74, 6) is -0.292. The van der Waals surface area contributed by atoms with E-state index < -0.39 is 17.3 Å². The highest BCUT2D eigenvalue weighted by atomic mass is 19.4. The van der Waals surface area contributed by atoms with Gasteiger partial charge in [-0.05, 0) is 57.2 Å². The van der Waals surface area contributed by atoms with Gasteiger partial charge in [0.2, 0.25) is 5.62 Å². The largest absolute Gasteiger partial charge is 0.459 e. The second-order valence-electron chi connectivity index (χ2n) is 9.00. The first-order chi connectivity index (χ1) is 14.9. The minimum atomic E-state index is -4.41. The third-order valence-corrected chi connectivity index (χ3v) is 5.35. The lowest BCUT2D eigenvalue weighted by atomic mass is 10.1. The van der Waals surface area contributed by atoms with E-state index in [1.165, 1.54) is 12.1 Å². The van der Waals surface area contributed by atoms with Crippen molar-refractivity contribution < 1.29 is 22.7 Å². The first-order valence-corrected chi connectivity index (χ1v) is 10.3. The van der Waals surface area contributed by atoms with E-state index in [4.69, 9.17) is 10.1 Å². The van der Waals surface area contributed by atoms with Crippen LogP contribution in [-0.4, -0.2) is 45.2 Å². The number of halogens is 3. The average molecular weight is 446 g/mol. The van der Waals surface area contributed by atoms with Crippen molar-refractivity contribution in [1.29, 1.82) is 5.41 Å². The van der Waals surface area contributed by atoms with Gasteiger partial charge in [0.1, 0.15) is 5.60 Å². The van der Waals surface area contributed by atoms with Crippen molar-refractivity contribution in [2.75, 3.05) is 19.6 Å². The summed E-state index contributed by atoms with van der Waals surface area (Å²) in [7, 11) is 0. The van der Waals surface area contributed by atoms with E-state index in [1.807, 2.05) is 54.5 Å². The van der Waals surface area contributed by atoms with Crippen LogP contribution in [-0.2, 0) is 15.7 Å². The summed E-state index contributed by atoms with van der Waals surface area (Å²) in [4.78, 5) is 14.0. The molecule has 0 radical (unpaired) electrons. The Balaban J connectivity index is 1.61. The first-order valence-electron chi connectivity index (χ1n) is 10.3. The molecule has 0 amide bonds. The van der Waals surface area contributed by atoms with E-state index in [2.05, 4.69) is 0 Å². The molecule has 1 aliphatic heterocycles. The van der Waals surface area contributed by atoms with Crippen molar-refractivity contribution in [1.82, 2.24) is 14.0 Å². The van der Waals surface area contributed by atoms with Gasteiger partial charge in [0.05, 0.1) is 29.2 Å². The van der Waals surface area contributed by atoms with Gasteiger partial charge in [-0.1, -0.05) is 12.1 Å². The van der Waals surface area contributed by atoms with Crippen molar-refractivity contribution in [3.8, 4) is 5.69 Å². The van der Waals surface area contributed by atoms with E-state index in [0.29, 0.717) is 18.8 Å². The third-order valence-electron chi connectivity index (χ3n) is 5.35. The van der Waals surface area contributed by atoms with E-state index in [1.54, 1.807) is 4.57 Å². The van der Waals surface area contributed by atoms with Crippen LogP contribution in [0.2, 0.25) is 0 Å². The third kappa shape index (κ3) is 4.29. The number of fused-ring (bicyclic) bond motifs is 1. The predicted molar refractivity (Wildman–Crippen MR) is 113 cm³/mol. The molecule has 1 aliphatic rings. The fourth-order valence-electron chi connectivity index (χ4n) is 4.01. The number of alkyl halides is 3. The standard InChI is InChI=1S/C23H25F3N4O2/c1-22(2,3)32-20(31)14-28-12-17(13-28)30-19-7-5-4-6-18(19)29(21(30)27)16-10-8-15(9-11-16)23(24,25)26/h4-11,17,27H,12-14H2,1-3H3. The van der Waals surface area contributed by atoms with Crippen molar-refractivity contribution in [2.45, 2.75) is 38.6 Å². The molecule has 3 aromatic rings. The second-order valence-corrected chi connectivity index (χ2v) is 9.00. The highest BCUT2D eigenvalue weighted by Crippen LogP contribution is 2.31. The Morgan fingerprint density at radius 2 is 1.62 bits per heavy atom. The van der Waals surface area contributed by atoms with Crippen molar-refractivity contribution in [3.63, 3.8) is 0 Å². The van der Waals surface area contributed by atoms with Gasteiger partial charge in [0.15, 0.2) is 0 Å². The van der Waals surface area contributed by atoms with Crippen LogP contribution in [0.3, 0.4) is 0 Å². The minimum Gasteiger partial charge on any atom is -0.459 e. The number of para-hydroxylation sites is 2. The van der Waals surface area contributed by atoms with Crippen LogP contribution in [0.4, 0.5) is 13.2 Å². The molecule has 170 valence electrons. The summed E-state index contributed by atoms with van der Waals surface area (Å²) in [5, 5.41) is 8.78. The number of aromatic nitrogens is 2. The number of ether oxygens (including phenoxy) is 1. The lowest BCUT2D eigenvalue weighted by molar-refractivity contribution is -0.157. The number of carbonyl (C=O) groups is 1. The molecule has 4 rings (SSSR count). The van der Waals surface area contributed by atoms with Crippen molar-refractivity contribution in [2.24, 2.45) is 0 Å². The summed E-state index contributed by atoms with van der Waals surface area (Å²) >= 11 is 0. The zero-order valence-electron chi connectivity index (χ0n) is 18.1. The van der Waals surface area contributed by atoms with E-state index in [0.717, 1.165) is 23.2 Å². The maximum atomic E-state index is 13.0. The lowest BCUT2D eigenvalue weighted by Gasteiger charge is -2.39. The summed E-state index contributed by atoms with van der Waals surface area (Å²) in [6.07, 6.45) is -4.41. The molecule has 0 saturated carbocycles. The van der Waals surface area contributed by atoms with E-state index >= 15 is 0 Å². The molecular weight excluding hydrogens is 421 g/mol. The summed E-state index contributed by atoms with van der Waals surface area (Å²) in [6, 6.07) is 12.2. The molecule has 0 aliphatic carbocycles. The number of nitrogens with zero attached hydrogens (tertiary/aromatic N) is 3. The average Bonchev–Trinajstić information content (AvgIpc) is 2.94. The first kappa shape index (κ1) is 22.1. The number of hydrogen-bond donors (Lipinski definition) is 1. The van der Waals surface area contributed by atoms with E-state index in [9.17, 15) is 18.0 Å². The molecule has 32 heavy (non-hydrogen) atoms. The number of nitrogens with one attached hydrogen (secondary N) is 1. The molecule has 1 fully saturated rings. The lowest BCUT2D eigenvalue weighted by Crippen LogP contribution is -2.52. The molecule has 1 N–H and O–H groups in total. The smallest absolute Gasteiger partial charge is 0.416 e. The van der Waals surface area contributed by atoms with Gasteiger partial charge in [-0.2, -0.15) is 13.2 Å². The van der Waals surface area contributed by atoms with Crippen LogP contribution in [0, 0.1) is 5.41 Å². The van der Waals surface area contributed by atoms with Crippen LogP contribution in [0.1, 0.15) is 32.4 Å². The Labute approximate surface area is 183 Å². The molecule has 0 bridgehead atoms. The molecule has 1 aromatic heterocycles. The molecular formula is C23H25F3N4O2. The minimum absolute atomic E-state index is 0.0227. The van der Waals surface area contributed by atoms with E-state index in [-0.39, 0.29) is 24.2 Å². The zero-order chi connectivity index (χ0) is 23.3. The Morgan fingerprint density at radius 3 is 2.19 bits per heavy atom. The fraction of sp³-hybridized carbons (Fsp3) is 0.391. The van der Waals surface area contributed by atoms with Crippen LogP contribution in [0.25, 0.3) is 16.7 Å². The number of esters is 1. The number of benzene rings is 2. The summed E-state index contributed by atoms with van der Waals surface area (Å²) in [6.45, 7) is 6.80. The maximum absolute atomic E-state index is 13.0. The Hall–Kier alpha value is -3.07. The Morgan fingerprint density at radius 1 is 1.03 bits per heavy atom. The molecule has 6 nitrogen and oxygen atoms in total. The molecule has 0 spiro atoms. The quantitative estimate of drug-likeness (QED) is 0.613. The van der Waals surface area contributed by atoms with Gasteiger partial charge in [0, 0.05) is 18.8 Å². The normalized spacial score (nSPS) is 15.7. The van der Waals surface area contributed by atoms with Gasteiger partial charge in [-0.3, -0.25) is 19.7 Å². The topological polar surface area (TPSA) is 63.2 Å². The maximum Gasteiger partial charge on any atom is 0.416 e. The van der Waals surface area contributed by atoms with Gasteiger partial charge in [0.25, 0.3) is 0 Å². The Bertz CT molecular complexity index is 1200. The second kappa shape index (κ2) is 7.81. The summed E-state index contributed by atoms with van der Waals surface area (Å²) in [5.41, 5.74) is 0.950. The predicted octanol–water partition coefficient (Wildman–Crippen LogP) is 4.13. The fourth-order valence-corrected chi connectivity index (χ4v) is 4.01.